The van der Waals surface area contributed by atoms with Gasteiger partial charge in [0.05, 0.1) is 6.61 Å². The largest absolute Gasteiger partial charge is 0.382 e. The molecule has 0 aliphatic heterocycles. The van der Waals surface area contributed by atoms with Crippen LogP contribution in [-0.4, -0.2) is 20.8 Å². The number of ether oxygens (including phenoxy) is 2. The van der Waals surface area contributed by atoms with Crippen LogP contribution in [0.4, 0.5) is 0 Å². The zero-order chi connectivity index (χ0) is 11.6. The fraction of sp³-hybridized carbons (Fsp3) is 0.538. The summed E-state index contributed by atoms with van der Waals surface area (Å²) in [5, 5.41) is 0. The molecule has 3 nitrogen and oxygen atoms in total. The lowest BCUT2D eigenvalue weighted by atomic mass is 10.0. The van der Waals surface area contributed by atoms with Crippen molar-refractivity contribution in [2.45, 2.75) is 24.5 Å². The summed E-state index contributed by atoms with van der Waals surface area (Å²) in [6, 6.07) is 8.33. The average molecular weight is 221 g/mol. The van der Waals surface area contributed by atoms with Crippen molar-refractivity contribution in [2.75, 3.05) is 20.8 Å². The first kappa shape index (κ1) is 11.6. The molecule has 0 heterocycles. The molecule has 1 fully saturated rings. The van der Waals surface area contributed by atoms with Gasteiger partial charge in [-0.3, -0.25) is 0 Å². The molecule has 3 heteroatoms. The second kappa shape index (κ2) is 4.53. The van der Waals surface area contributed by atoms with Crippen LogP contribution in [0.3, 0.4) is 0 Å². The maximum absolute atomic E-state index is 6.18. The molecule has 0 aromatic heterocycles. The van der Waals surface area contributed by atoms with Gasteiger partial charge in [-0.15, -0.1) is 0 Å². The molecule has 1 aliphatic rings. The Morgan fingerprint density at radius 1 is 1.38 bits per heavy atom. The third-order valence-electron chi connectivity index (χ3n) is 3.22. The molecule has 1 aromatic carbocycles. The summed E-state index contributed by atoms with van der Waals surface area (Å²) in [4.78, 5) is 0. The molecule has 1 aliphatic carbocycles. The quantitative estimate of drug-likeness (QED) is 0.826. The lowest BCUT2D eigenvalue weighted by Gasteiger charge is -2.17. The summed E-state index contributed by atoms with van der Waals surface area (Å²) < 4.78 is 10.5. The van der Waals surface area contributed by atoms with Crippen molar-refractivity contribution in [1.82, 2.24) is 0 Å². The van der Waals surface area contributed by atoms with E-state index in [4.69, 9.17) is 15.2 Å². The average Bonchev–Trinajstić information content (AvgIpc) is 3.06. The molecule has 0 spiro atoms. The van der Waals surface area contributed by atoms with Crippen LogP contribution in [-0.2, 0) is 15.0 Å². The molecule has 16 heavy (non-hydrogen) atoms. The van der Waals surface area contributed by atoms with Gasteiger partial charge in [-0.25, -0.2) is 0 Å². The van der Waals surface area contributed by atoms with Crippen molar-refractivity contribution >= 4 is 0 Å². The van der Waals surface area contributed by atoms with E-state index < -0.39 is 0 Å². The van der Waals surface area contributed by atoms with Crippen LogP contribution < -0.4 is 5.73 Å². The van der Waals surface area contributed by atoms with E-state index in [1.165, 1.54) is 5.56 Å². The molecule has 1 aromatic rings. The van der Waals surface area contributed by atoms with Crippen LogP contribution in [0.15, 0.2) is 24.3 Å². The monoisotopic (exact) mass is 221 g/mol. The van der Waals surface area contributed by atoms with Gasteiger partial charge >= 0.3 is 0 Å². The van der Waals surface area contributed by atoms with Gasteiger partial charge in [0.15, 0.2) is 0 Å². The molecule has 1 unspecified atom stereocenters. The topological polar surface area (TPSA) is 44.5 Å². The number of rotatable bonds is 5. The fourth-order valence-corrected chi connectivity index (χ4v) is 1.92. The van der Waals surface area contributed by atoms with E-state index in [-0.39, 0.29) is 11.6 Å². The number of hydrogen-bond acceptors (Lipinski definition) is 3. The van der Waals surface area contributed by atoms with Crippen molar-refractivity contribution in [3.63, 3.8) is 0 Å². The van der Waals surface area contributed by atoms with Crippen LogP contribution in [0, 0.1) is 0 Å². The van der Waals surface area contributed by atoms with Crippen LogP contribution in [0.5, 0.6) is 0 Å². The second-order valence-electron chi connectivity index (χ2n) is 4.46. The molecule has 1 saturated carbocycles. The molecule has 2 rings (SSSR count). The van der Waals surface area contributed by atoms with E-state index in [0.717, 1.165) is 18.4 Å². The van der Waals surface area contributed by atoms with Gasteiger partial charge in [0, 0.05) is 19.8 Å². The molecule has 88 valence electrons. The van der Waals surface area contributed by atoms with Crippen LogP contribution in [0.1, 0.15) is 30.1 Å². The molecule has 1 atom stereocenters. The zero-order valence-corrected chi connectivity index (χ0v) is 9.90. The van der Waals surface area contributed by atoms with Gasteiger partial charge in [-0.2, -0.15) is 0 Å². The van der Waals surface area contributed by atoms with E-state index in [9.17, 15) is 0 Å². The van der Waals surface area contributed by atoms with E-state index in [1.807, 2.05) is 6.07 Å². The maximum atomic E-state index is 6.18. The molecule has 0 saturated heterocycles. The highest BCUT2D eigenvalue weighted by Gasteiger charge is 2.40. The molecule has 0 bridgehead atoms. The minimum Gasteiger partial charge on any atom is -0.382 e. The van der Waals surface area contributed by atoms with E-state index in [1.54, 1.807) is 14.2 Å². The van der Waals surface area contributed by atoms with Crippen LogP contribution in [0.25, 0.3) is 0 Å². The van der Waals surface area contributed by atoms with Crippen LogP contribution in [0.2, 0.25) is 0 Å². The van der Waals surface area contributed by atoms with Gasteiger partial charge in [0.2, 0.25) is 0 Å². The van der Waals surface area contributed by atoms with Crippen molar-refractivity contribution in [3.05, 3.63) is 35.4 Å². The Labute approximate surface area is 96.5 Å². The lowest BCUT2D eigenvalue weighted by Crippen LogP contribution is -2.19. The molecule has 0 radical (unpaired) electrons. The Hall–Kier alpha value is -0.900. The third kappa shape index (κ3) is 2.26. The maximum Gasteiger partial charge on any atom is 0.105 e. The van der Waals surface area contributed by atoms with Gasteiger partial charge in [-0.1, -0.05) is 24.3 Å². The Morgan fingerprint density at radius 2 is 2.12 bits per heavy atom. The fourth-order valence-electron chi connectivity index (χ4n) is 1.92. The number of methoxy groups -OCH3 is 2. The Morgan fingerprint density at radius 3 is 2.69 bits per heavy atom. The Balaban J connectivity index is 2.20. The normalized spacial score (nSPS) is 19.4. The smallest absolute Gasteiger partial charge is 0.105 e. The summed E-state index contributed by atoms with van der Waals surface area (Å²) >= 11 is 0. The molecule has 0 amide bonds. The Kier molecular flexibility index (Phi) is 3.28. The van der Waals surface area contributed by atoms with Crippen molar-refractivity contribution in [2.24, 2.45) is 5.73 Å². The van der Waals surface area contributed by atoms with E-state index in [2.05, 4.69) is 18.2 Å². The highest BCUT2D eigenvalue weighted by Crippen LogP contribution is 2.43. The van der Waals surface area contributed by atoms with Gasteiger partial charge in [-0.05, 0) is 24.0 Å². The van der Waals surface area contributed by atoms with Crippen LogP contribution >= 0.6 is 0 Å². The summed E-state index contributed by atoms with van der Waals surface area (Å²) in [7, 11) is 3.38. The summed E-state index contributed by atoms with van der Waals surface area (Å²) in [6.07, 6.45) is 2.16. The van der Waals surface area contributed by atoms with E-state index >= 15 is 0 Å². The van der Waals surface area contributed by atoms with Gasteiger partial charge in [0.25, 0.3) is 0 Å². The van der Waals surface area contributed by atoms with Gasteiger partial charge in [0.1, 0.15) is 6.10 Å². The van der Waals surface area contributed by atoms with E-state index in [0.29, 0.717) is 6.61 Å². The number of hydrogen-bond donors (Lipinski definition) is 1. The van der Waals surface area contributed by atoms with Crippen molar-refractivity contribution in [1.29, 1.82) is 0 Å². The minimum absolute atomic E-state index is 0.00713. The van der Waals surface area contributed by atoms with Gasteiger partial charge < -0.3 is 15.2 Å². The van der Waals surface area contributed by atoms with Crippen molar-refractivity contribution < 1.29 is 9.47 Å². The first-order valence-electron chi connectivity index (χ1n) is 5.60. The summed E-state index contributed by atoms with van der Waals surface area (Å²) in [5.74, 6) is 0. The SMILES string of the molecule is COCC(OC)c1cccc(C2(N)CC2)c1. The Bertz CT molecular complexity index is 361. The third-order valence-corrected chi connectivity index (χ3v) is 3.22. The lowest BCUT2D eigenvalue weighted by molar-refractivity contribution is 0.0274. The molecular weight excluding hydrogens is 202 g/mol. The molecule has 2 N–H and O–H groups in total. The molecular formula is C13H19NO2. The first-order valence-corrected chi connectivity index (χ1v) is 5.60. The summed E-state index contributed by atoms with van der Waals surface area (Å²) in [5.41, 5.74) is 8.45. The predicted molar refractivity (Wildman–Crippen MR) is 63.2 cm³/mol. The standard InChI is InChI=1S/C13H19NO2/c1-15-9-12(16-2)10-4-3-5-11(8-10)13(14)6-7-13/h3-5,8,12H,6-7,9,14H2,1-2H3. The van der Waals surface area contributed by atoms with Crippen molar-refractivity contribution in [3.8, 4) is 0 Å². The highest BCUT2D eigenvalue weighted by molar-refractivity contribution is 5.34. The number of benzene rings is 1. The first-order chi connectivity index (χ1) is 7.69. The zero-order valence-electron chi connectivity index (χ0n) is 9.90. The second-order valence-corrected chi connectivity index (χ2v) is 4.46. The predicted octanol–water partition coefficient (Wildman–Crippen LogP) is 1.97. The highest BCUT2D eigenvalue weighted by atomic mass is 16.5. The minimum atomic E-state index is -0.0820. The summed E-state index contributed by atoms with van der Waals surface area (Å²) in [6.45, 7) is 0.567. The number of nitrogens with two attached hydrogens (primary N) is 1.